The van der Waals surface area contributed by atoms with Gasteiger partial charge in [0.15, 0.2) is 0 Å². The molecule has 1 aliphatic rings. The summed E-state index contributed by atoms with van der Waals surface area (Å²) in [4.78, 5) is 4.24. The number of rotatable bonds is 1. The highest BCUT2D eigenvalue weighted by Gasteiger charge is 2.19. The molecule has 82 valence electrons. The molecule has 0 amide bonds. The summed E-state index contributed by atoms with van der Waals surface area (Å²) in [5, 5.41) is 14.2. The lowest BCUT2D eigenvalue weighted by Crippen LogP contribution is -2.08. The lowest BCUT2D eigenvalue weighted by molar-refractivity contribution is 0.480. The minimum absolute atomic E-state index is 0.269. The first-order valence-corrected chi connectivity index (χ1v) is 5.63. The van der Waals surface area contributed by atoms with E-state index in [0.29, 0.717) is 11.4 Å². The number of hydrogen-bond acceptors (Lipinski definition) is 3. The molecular weight excluding hydrogens is 200 g/mol. The maximum Gasteiger partial charge on any atom is 0.141 e. The molecule has 0 radical (unpaired) electrons. The third-order valence-electron chi connectivity index (χ3n) is 3.28. The van der Waals surface area contributed by atoms with E-state index in [0.717, 1.165) is 24.9 Å². The molecular formula is C13H14N2O. The summed E-state index contributed by atoms with van der Waals surface area (Å²) < 4.78 is 0. The van der Waals surface area contributed by atoms with E-state index in [-0.39, 0.29) is 5.75 Å². The van der Waals surface area contributed by atoms with Crippen LogP contribution in [0.2, 0.25) is 0 Å². The molecule has 0 bridgehead atoms. The minimum Gasteiger partial charge on any atom is -0.506 e. The predicted octanol–water partition coefficient (Wildman–Crippen LogP) is 2.02. The fourth-order valence-electron chi connectivity index (χ4n) is 2.46. The number of aromatic hydroxyl groups is 1. The fraction of sp³-hybridized carbons (Fsp3) is 0.308. The smallest absolute Gasteiger partial charge is 0.141 e. The molecule has 16 heavy (non-hydrogen) atoms. The van der Waals surface area contributed by atoms with Crippen molar-refractivity contribution in [3.05, 3.63) is 36.0 Å². The highest BCUT2D eigenvalue weighted by molar-refractivity contribution is 5.87. The van der Waals surface area contributed by atoms with Gasteiger partial charge in [-0.05, 0) is 36.6 Å². The van der Waals surface area contributed by atoms with Gasteiger partial charge in [-0.1, -0.05) is 12.1 Å². The molecule has 3 heteroatoms. The Hall–Kier alpha value is -1.61. The van der Waals surface area contributed by atoms with Gasteiger partial charge in [0.2, 0.25) is 0 Å². The zero-order valence-corrected chi connectivity index (χ0v) is 8.98. The first-order valence-electron chi connectivity index (χ1n) is 5.63. The molecule has 1 aromatic carbocycles. The number of nitrogens with one attached hydrogen (secondary N) is 1. The van der Waals surface area contributed by atoms with Crippen LogP contribution in [0.25, 0.3) is 10.9 Å². The summed E-state index contributed by atoms with van der Waals surface area (Å²) in [5.41, 5.74) is 2.01. The third kappa shape index (κ3) is 1.44. The first-order chi connectivity index (χ1) is 7.86. The quantitative estimate of drug-likeness (QED) is 0.763. The first kappa shape index (κ1) is 9.60. The van der Waals surface area contributed by atoms with Crippen LogP contribution >= 0.6 is 0 Å². The number of phenols is 1. The van der Waals surface area contributed by atoms with Crippen molar-refractivity contribution in [1.82, 2.24) is 10.3 Å². The van der Waals surface area contributed by atoms with E-state index in [1.54, 1.807) is 12.3 Å². The van der Waals surface area contributed by atoms with Crippen molar-refractivity contribution in [2.75, 3.05) is 13.1 Å². The Morgan fingerprint density at radius 1 is 1.31 bits per heavy atom. The molecule has 0 spiro atoms. The number of aromatic nitrogens is 1. The largest absolute Gasteiger partial charge is 0.506 e. The van der Waals surface area contributed by atoms with Gasteiger partial charge < -0.3 is 10.4 Å². The molecule has 0 saturated carbocycles. The lowest BCUT2D eigenvalue weighted by Gasteiger charge is -2.12. The predicted molar refractivity (Wildman–Crippen MR) is 63.6 cm³/mol. The van der Waals surface area contributed by atoms with Crippen LogP contribution in [0.5, 0.6) is 5.75 Å². The van der Waals surface area contributed by atoms with Crippen molar-refractivity contribution in [2.45, 2.75) is 12.3 Å². The molecule has 3 rings (SSSR count). The van der Waals surface area contributed by atoms with Crippen molar-refractivity contribution in [1.29, 1.82) is 0 Å². The van der Waals surface area contributed by atoms with Crippen molar-refractivity contribution in [3.63, 3.8) is 0 Å². The Morgan fingerprint density at radius 2 is 2.25 bits per heavy atom. The summed E-state index contributed by atoms with van der Waals surface area (Å²) >= 11 is 0. The van der Waals surface area contributed by atoms with Crippen LogP contribution in [-0.4, -0.2) is 23.2 Å². The molecule has 2 N–H and O–H groups in total. The van der Waals surface area contributed by atoms with Gasteiger partial charge in [0.1, 0.15) is 11.3 Å². The second-order valence-corrected chi connectivity index (χ2v) is 4.26. The second kappa shape index (κ2) is 3.76. The van der Waals surface area contributed by atoms with E-state index in [9.17, 15) is 5.11 Å². The SMILES string of the molecule is Oc1ccc(C2CCNC2)c2cccnc12. The minimum atomic E-state index is 0.269. The van der Waals surface area contributed by atoms with Crippen molar-refractivity contribution >= 4 is 10.9 Å². The summed E-state index contributed by atoms with van der Waals surface area (Å²) in [7, 11) is 0. The van der Waals surface area contributed by atoms with Gasteiger partial charge in [-0.25, -0.2) is 0 Å². The number of hydrogen-bond donors (Lipinski definition) is 2. The maximum atomic E-state index is 9.76. The van der Waals surface area contributed by atoms with Gasteiger partial charge in [0.25, 0.3) is 0 Å². The van der Waals surface area contributed by atoms with Crippen LogP contribution in [0.1, 0.15) is 17.9 Å². The number of fused-ring (bicyclic) bond motifs is 1. The Balaban J connectivity index is 2.21. The highest BCUT2D eigenvalue weighted by Crippen LogP contribution is 2.32. The van der Waals surface area contributed by atoms with Crippen molar-refractivity contribution in [2.24, 2.45) is 0 Å². The van der Waals surface area contributed by atoms with E-state index in [4.69, 9.17) is 0 Å². The van der Waals surface area contributed by atoms with Crippen LogP contribution in [0, 0.1) is 0 Å². The zero-order chi connectivity index (χ0) is 11.0. The summed E-state index contributed by atoms with van der Waals surface area (Å²) in [6, 6.07) is 7.74. The van der Waals surface area contributed by atoms with E-state index >= 15 is 0 Å². The Labute approximate surface area is 94.1 Å². The summed E-state index contributed by atoms with van der Waals surface area (Å²) in [6.07, 6.45) is 2.88. The molecule has 1 saturated heterocycles. The maximum absolute atomic E-state index is 9.76. The fourth-order valence-corrected chi connectivity index (χ4v) is 2.46. The monoisotopic (exact) mass is 214 g/mol. The standard InChI is InChI=1S/C13H14N2O/c16-12-4-3-10(9-5-7-14-8-9)11-2-1-6-15-13(11)12/h1-4,6,9,14,16H,5,7-8H2. The van der Waals surface area contributed by atoms with Crippen LogP contribution in [-0.2, 0) is 0 Å². The van der Waals surface area contributed by atoms with E-state index in [1.165, 1.54) is 5.56 Å². The van der Waals surface area contributed by atoms with Crippen molar-refractivity contribution in [3.8, 4) is 5.75 Å². The van der Waals surface area contributed by atoms with Crippen LogP contribution in [0.15, 0.2) is 30.5 Å². The van der Waals surface area contributed by atoms with Crippen LogP contribution in [0.4, 0.5) is 0 Å². The average molecular weight is 214 g/mol. The summed E-state index contributed by atoms with van der Waals surface area (Å²) in [5.74, 6) is 0.817. The highest BCUT2D eigenvalue weighted by atomic mass is 16.3. The lowest BCUT2D eigenvalue weighted by atomic mass is 9.94. The Kier molecular flexibility index (Phi) is 2.26. The topological polar surface area (TPSA) is 45.1 Å². The second-order valence-electron chi connectivity index (χ2n) is 4.26. The average Bonchev–Trinajstić information content (AvgIpc) is 2.83. The summed E-state index contributed by atoms with van der Waals surface area (Å²) in [6.45, 7) is 2.10. The Bertz CT molecular complexity index is 518. The van der Waals surface area contributed by atoms with Gasteiger partial charge in [-0.15, -0.1) is 0 Å². The normalized spacial score (nSPS) is 20.4. The number of benzene rings is 1. The van der Waals surface area contributed by atoms with E-state index in [2.05, 4.69) is 10.3 Å². The van der Waals surface area contributed by atoms with Gasteiger partial charge in [-0.2, -0.15) is 0 Å². The van der Waals surface area contributed by atoms with Crippen molar-refractivity contribution < 1.29 is 5.11 Å². The molecule has 1 fully saturated rings. The van der Waals surface area contributed by atoms with Crippen LogP contribution in [0.3, 0.4) is 0 Å². The van der Waals surface area contributed by atoms with Gasteiger partial charge in [0, 0.05) is 18.1 Å². The molecule has 3 nitrogen and oxygen atoms in total. The molecule has 0 aliphatic carbocycles. The number of nitrogens with zero attached hydrogens (tertiary/aromatic N) is 1. The molecule has 2 heterocycles. The molecule has 1 atom stereocenters. The number of phenolic OH excluding ortho intramolecular Hbond substituents is 1. The van der Waals surface area contributed by atoms with Gasteiger partial charge in [0.05, 0.1) is 0 Å². The molecule has 2 aromatic rings. The molecule has 1 aromatic heterocycles. The molecule has 1 aliphatic heterocycles. The van der Waals surface area contributed by atoms with Gasteiger partial charge >= 0.3 is 0 Å². The zero-order valence-electron chi connectivity index (χ0n) is 8.98. The Morgan fingerprint density at radius 3 is 3.06 bits per heavy atom. The van der Waals surface area contributed by atoms with Gasteiger partial charge in [-0.3, -0.25) is 4.98 Å². The number of pyridine rings is 1. The third-order valence-corrected chi connectivity index (χ3v) is 3.28. The molecule has 1 unspecified atom stereocenters. The van der Waals surface area contributed by atoms with Crippen LogP contribution < -0.4 is 5.32 Å². The van der Waals surface area contributed by atoms with E-state index < -0.39 is 0 Å². The van der Waals surface area contributed by atoms with E-state index in [1.807, 2.05) is 18.2 Å².